The van der Waals surface area contributed by atoms with Crippen LogP contribution in [-0.4, -0.2) is 12.4 Å². The number of nitrogens with zero attached hydrogens (tertiary/aromatic N) is 4. The van der Waals surface area contributed by atoms with Gasteiger partial charge in [0, 0.05) is 47.2 Å². The number of fused-ring (bicyclic) bond motifs is 2. The fourth-order valence-corrected chi connectivity index (χ4v) is 4.46. The van der Waals surface area contributed by atoms with E-state index < -0.39 is 0 Å². The van der Waals surface area contributed by atoms with Crippen molar-refractivity contribution in [3.8, 4) is 0 Å². The first-order chi connectivity index (χ1) is 16.9. The first kappa shape index (κ1) is 19.9. The second-order valence-electron chi connectivity index (χ2n) is 8.04. The third-order valence-corrected chi connectivity index (χ3v) is 5.99. The highest BCUT2D eigenvalue weighted by molar-refractivity contribution is 6.01. The van der Waals surface area contributed by atoms with Crippen molar-refractivity contribution in [1.29, 1.82) is 0 Å². The fraction of sp³-hybridized carbons (Fsp3) is 0. The van der Waals surface area contributed by atoms with Crippen LogP contribution in [0.15, 0.2) is 132 Å². The van der Waals surface area contributed by atoms with Crippen LogP contribution in [-0.2, 0) is 0 Å². The number of hydrogen-bond acceptors (Lipinski definition) is 4. The van der Waals surface area contributed by atoms with Crippen molar-refractivity contribution < 1.29 is 0 Å². The molecule has 0 saturated heterocycles. The number of anilines is 4. The second kappa shape index (κ2) is 8.68. The molecular formula is C30H22N4. The summed E-state index contributed by atoms with van der Waals surface area (Å²) in [6.45, 7) is 0. The average Bonchev–Trinajstić information content (AvgIpc) is 3.23. The second-order valence-corrected chi connectivity index (χ2v) is 8.04. The summed E-state index contributed by atoms with van der Waals surface area (Å²) in [4.78, 5) is 13.6. The molecule has 162 valence electrons. The van der Waals surface area contributed by atoms with Crippen molar-refractivity contribution in [2.45, 2.75) is 0 Å². The van der Waals surface area contributed by atoms with Crippen LogP contribution in [0.5, 0.6) is 0 Å². The maximum absolute atomic E-state index is 4.70. The Morgan fingerprint density at radius 2 is 1.15 bits per heavy atom. The van der Waals surface area contributed by atoms with Gasteiger partial charge in [-0.25, -0.2) is 0 Å². The molecule has 6 rings (SSSR count). The maximum atomic E-state index is 4.70. The zero-order valence-electron chi connectivity index (χ0n) is 18.5. The van der Waals surface area contributed by atoms with Crippen LogP contribution in [0, 0.1) is 0 Å². The predicted octanol–water partition coefficient (Wildman–Crippen LogP) is 7.30. The third-order valence-electron chi connectivity index (χ3n) is 5.99. The summed E-state index contributed by atoms with van der Waals surface area (Å²) in [5.74, 6) is 0. The van der Waals surface area contributed by atoms with Gasteiger partial charge in [-0.2, -0.15) is 0 Å². The van der Waals surface area contributed by atoms with Crippen LogP contribution < -0.4 is 9.80 Å². The molecule has 0 atom stereocenters. The van der Waals surface area contributed by atoms with E-state index in [1.165, 1.54) is 0 Å². The molecule has 2 aliphatic heterocycles. The summed E-state index contributed by atoms with van der Waals surface area (Å²) in [6, 6.07) is 35.6. The molecule has 0 aliphatic carbocycles. The standard InChI is InChI=1S/C30H22N4/c1-2-12-25(13-3-1)34-28-16-8-5-11-24(28)21-32-22-30(34)26-14-6-9-17-29(26)33-19-18-31-20-23-10-4-7-15-27(23)33/h1-22H. The average molecular weight is 439 g/mol. The van der Waals surface area contributed by atoms with Crippen molar-refractivity contribution in [3.05, 3.63) is 138 Å². The van der Waals surface area contributed by atoms with Gasteiger partial charge in [-0.1, -0.05) is 72.8 Å². The van der Waals surface area contributed by atoms with E-state index in [1.807, 2.05) is 49.2 Å². The molecular weight excluding hydrogens is 416 g/mol. The highest BCUT2D eigenvalue weighted by atomic mass is 15.2. The van der Waals surface area contributed by atoms with Crippen LogP contribution in [0.3, 0.4) is 0 Å². The molecule has 0 radical (unpaired) electrons. The first-order valence-corrected chi connectivity index (χ1v) is 11.3. The van der Waals surface area contributed by atoms with Crippen molar-refractivity contribution in [3.63, 3.8) is 0 Å². The summed E-state index contributed by atoms with van der Waals surface area (Å²) in [7, 11) is 0. The van der Waals surface area contributed by atoms with Gasteiger partial charge in [0.05, 0.1) is 29.0 Å². The molecule has 2 aliphatic rings. The Morgan fingerprint density at radius 1 is 0.529 bits per heavy atom. The summed E-state index contributed by atoms with van der Waals surface area (Å²) in [5, 5.41) is 0. The van der Waals surface area contributed by atoms with E-state index in [0.717, 1.165) is 45.1 Å². The minimum atomic E-state index is 0.999. The molecule has 0 unspecified atom stereocenters. The topological polar surface area (TPSA) is 31.2 Å². The van der Waals surface area contributed by atoms with Gasteiger partial charge < -0.3 is 9.80 Å². The lowest BCUT2D eigenvalue weighted by Gasteiger charge is -2.31. The highest BCUT2D eigenvalue weighted by Crippen LogP contribution is 2.42. The Bertz CT molecular complexity index is 1460. The molecule has 0 fully saturated rings. The summed E-state index contributed by atoms with van der Waals surface area (Å²) in [5.41, 5.74) is 8.52. The Kier molecular flexibility index (Phi) is 5.09. The smallest absolute Gasteiger partial charge is 0.0738 e. The molecule has 4 nitrogen and oxygen atoms in total. The zero-order valence-corrected chi connectivity index (χ0v) is 18.5. The predicted molar refractivity (Wildman–Crippen MR) is 142 cm³/mol. The lowest BCUT2D eigenvalue weighted by molar-refractivity contribution is 1.23. The molecule has 0 aromatic heterocycles. The molecule has 34 heavy (non-hydrogen) atoms. The van der Waals surface area contributed by atoms with E-state index in [2.05, 4.69) is 99.7 Å². The minimum absolute atomic E-state index is 0.999. The van der Waals surface area contributed by atoms with Gasteiger partial charge in [-0.05, 0) is 30.3 Å². The first-order valence-electron chi connectivity index (χ1n) is 11.3. The van der Waals surface area contributed by atoms with Gasteiger partial charge >= 0.3 is 0 Å². The van der Waals surface area contributed by atoms with E-state index in [-0.39, 0.29) is 0 Å². The Hall–Kier alpha value is -4.70. The Balaban J connectivity index is 1.56. The van der Waals surface area contributed by atoms with Crippen molar-refractivity contribution >= 4 is 40.9 Å². The Labute approximate surface area is 199 Å². The molecule has 0 bridgehead atoms. The lowest BCUT2D eigenvalue weighted by Crippen LogP contribution is -2.19. The van der Waals surface area contributed by atoms with Crippen LogP contribution in [0.2, 0.25) is 0 Å². The fourth-order valence-electron chi connectivity index (χ4n) is 4.46. The van der Waals surface area contributed by atoms with Crippen molar-refractivity contribution in [2.24, 2.45) is 9.98 Å². The summed E-state index contributed by atoms with van der Waals surface area (Å²) < 4.78 is 0. The van der Waals surface area contributed by atoms with Crippen LogP contribution in [0.25, 0.3) is 5.70 Å². The number of rotatable bonds is 3. The van der Waals surface area contributed by atoms with E-state index in [0.29, 0.717) is 0 Å². The molecule has 4 heteroatoms. The number of hydrogen-bond donors (Lipinski definition) is 0. The third kappa shape index (κ3) is 3.51. The molecule has 4 aromatic carbocycles. The SMILES string of the molecule is C1=CN(c2ccccc2C2=CN=Cc3ccccc3N2c2ccccc2)c2ccccc2C=N1. The monoisotopic (exact) mass is 438 g/mol. The molecule has 0 N–H and O–H groups in total. The van der Waals surface area contributed by atoms with Crippen LogP contribution in [0.1, 0.15) is 16.7 Å². The minimum Gasteiger partial charge on any atom is -0.314 e. The summed E-state index contributed by atoms with van der Waals surface area (Å²) in [6.07, 6.45) is 9.63. The van der Waals surface area contributed by atoms with Crippen LogP contribution >= 0.6 is 0 Å². The van der Waals surface area contributed by atoms with Gasteiger partial charge in [0.25, 0.3) is 0 Å². The van der Waals surface area contributed by atoms with Crippen molar-refractivity contribution in [2.75, 3.05) is 9.80 Å². The molecule has 2 heterocycles. The van der Waals surface area contributed by atoms with E-state index >= 15 is 0 Å². The summed E-state index contributed by atoms with van der Waals surface area (Å²) >= 11 is 0. The molecule has 4 aromatic rings. The van der Waals surface area contributed by atoms with Gasteiger partial charge in [-0.3, -0.25) is 9.98 Å². The van der Waals surface area contributed by atoms with Gasteiger partial charge in [0.2, 0.25) is 0 Å². The van der Waals surface area contributed by atoms with Crippen molar-refractivity contribution in [1.82, 2.24) is 0 Å². The van der Waals surface area contributed by atoms with Gasteiger partial charge in [0.15, 0.2) is 0 Å². The maximum Gasteiger partial charge on any atom is 0.0738 e. The van der Waals surface area contributed by atoms with E-state index in [1.54, 1.807) is 0 Å². The largest absolute Gasteiger partial charge is 0.314 e. The normalized spacial score (nSPS) is 14.2. The van der Waals surface area contributed by atoms with E-state index in [9.17, 15) is 0 Å². The molecule has 0 saturated carbocycles. The number of benzene rings is 4. The molecule has 0 spiro atoms. The Morgan fingerprint density at radius 3 is 1.97 bits per heavy atom. The quantitative estimate of drug-likeness (QED) is 0.336. The van der Waals surface area contributed by atoms with E-state index in [4.69, 9.17) is 4.99 Å². The van der Waals surface area contributed by atoms with Gasteiger partial charge in [0.1, 0.15) is 0 Å². The highest BCUT2D eigenvalue weighted by Gasteiger charge is 2.24. The molecule has 0 amide bonds. The van der Waals surface area contributed by atoms with Gasteiger partial charge in [-0.15, -0.1) is 0 Å². The number of aliphatic imine (C=N–C) groups is 2. The number of para-hydroxylation sites is 4. The lowest BCUT2D eigenvalue weighted by atomic mass is 10.0. The zero-order chi connectivity index (χ0) is 22.7. The van der Waals surface area contributed by atoms with Crippen LogP contribution in [0.4, 0.5) is 22.7 Å².